The first-order valence-electron chi connectivity index (χ1n) is 6.55. The lowest BCUT2D eigenvalue weighted by atomic mass is 10.2. The van der Waals surface area contributed by atoms with E-state index in [1.165, 1.54) is 11.8 Å². The standard InChI is InChI=1S/C16H10BrClN2O2S/c17-12-8-10(18)6-9(14(12)21)7-13-15(22)20-16(23-13)19-11-4-2-1-3-5-11/h1-8,21H,(H,19,20,22)/b13-7+. The number of para-hydroxylation sites is 1. The number of thioether (sulfide) groups is 1. The number of carbonyl (C=O) groups excluding carboxylic acids is 1. The fourth-order valence-corrected chi connectivity index (χ4v) is 3.60. The van der Waals surface area contributed by atoms with Crippen molar-refractivity contribution in [2.75, 3.05) is 0 Å². The molecule has 1 heterocycles. The van der Waals surface area contributed by atoms with Crippen LogP contribution >= 0.6 is 39.3 Å². The Kier molecular flexibility index (Phi) is 4.75. The highest BCUT2D eigenvalue weighted by Crippen LogP contribution is 2.35. The van der Waals surface area contributed by atoms with Gasteiger partial charge in [-0.3, -0.25) is 4.79 Å². The number of phenols is 1. The summed E-state index contributed by atoms with van der Waals surface area (Å²) in [6, 6.07) is 12.5. The average Bonchev–Trinajstić information content (AvgIpc) is 2.85. The van der Waals surface area contributed by atoms with Crippen LogP contribution < -0.4 is 5.32 Å². The summed E-state index contributed by atoms with van der Waals surface area (Å²) in [5, 5.41) is 13.7. The van der Waals surface area contributed by atoms with E-state index >= 15 is 0 Å². The van der Waals surface area contributed by atoms with Crippen LogP contribution in [0.2, 0.25) is 5.02 Å². The van der Waals surface area contributed by atoms with Gasteiger partial charge in [-0.2, -0.15) is 0 Å². The third kappa shape index (κ3) is 3.77. The molecular weight excluding hydrogens is 400 g/mol. The number of halogens is 2. The molecule has 2 aromatic carbocycles. The van der Waals surface area contributed by atoms with Crippen LogP contribution in [-0.4, -0.2) is 16.2 Å². The molecule has 23 heavy (non-hydrogen) atoms. The summed E-state index contributed by atoms with van der Waals surface area (Å²) >= 11 is 10.4. The van der Waals surface area contributed by atoms with Crippen LogP contribution in [0, 0.1) is 0 Å². The van der Waals surface area contributed by atoms with Crippen molar-refractivity contribution < 1.29 is 9.90 Å². The van der Waals surface area contributed by atoms with E-state index < -0.39 is 0 Å². The number of phenolic OH excluding ortho intramolecular Hbond substituents is 1. The first kappa shape index (κ1) is 16.1. The van der Waals surface area contributed by atoms with Gasteiger partial charge in [0.2, 0.25) is 0 Å². The fourth-order valence-electron chi connectivity index (χ4n) is 1.94. The van der Waals surface area contributed by atoms with Gasteiger partial charge in [-0.15, -0.1) is 0 Å². The van der Waals surface area contributed by atoms with E-state index in [-0.39, 0.29) is 11.7 Å². The smallest absolute Gasteiger partial charge is 0.264 e. The molecule has 3 rings (SSSR count). The van der Waals surface area contributed by atoms with Crippen LogP contribution in [0.5, 0.6) is 5.75 Å². The quantitative estimate of drug-likeness (QED) is 0.707. The molecule has 2 aromatic rings. The highest BCUT2D eigenvalue weighted by Gasteiger charge is 2.24. The monoisotopic (exact) mass is 408 g/mol. The molecule has 116 valence electrons. The summed E-state index contributed by atoms with van der Waals surface area (Å²) in [4.78, 5) is 16.9. The molecule has 0 spiro atoms. The van der Waals surface area contributed by atoms with Gasteiger partial charge < -0.3 is 10.4 Å². The van der Waals surface area contributed by atoms with E-state index in [9.17, 15) is 9.90 Å². The van der Waals surface area contributed by atoms with Gasteiger partial charge in [0.05, 0.1) is 15.1 Å². The Morgan fingerprint density at radius 1 is 1.26 bits per heavy atom. The minimum absolute atomic E-state index is 0.0312. The lowest BCUT2D eigenvalue weighted by Gasteiger charge is -2.03. The van der Waals surface area contributed by atoms with E-state index in [4.69, 9.17) is 11.6 Å². The van der Waals surface area contributed by atoms with Gasteiger partial charge >= 0.3 is 0 Å². The number of benzene rings is 2. The molecule has 0 atom stereocenters. The van der Waals surface area contributed by atoms with Gasteiger partial charge in [0.1, 0.15) is 5.75 Å². The number of amides is 1. The molecule has 1 amide bonds. The highest BCUT2D eigenvalue weighted by atomic mass is 79.9. The van der Waals surface area contributed by atoms with E-state index in [2.05, 4.69) is 26.2 Å². The van der Waals surface area contributed by atoms with E-state index in [0.29, 0.717) is 25.1 Å². The predicted molar refractivity (Wildman–Crippen MR) is 98.1 cm³/mol. The van der Waals surface area contributed by atoms with Crippen LogP contribution in [0.1, 0.15) is 5.56 Å². The number of nitrogens with zero attached hydrogens (tertiary/aromatic N) is 1. The predicted octanol–water partition coefficient (Wildman–Crippen LogP) is 4.70. The molecule has 0 aliphatic carbocycles. The van der Waals surface area contributed by atoms with Crippen molar-refractivity contribution in [3.63, 3.8) is 0 Å². The minimum atomic E-state index is -0.264. The number of hydrogen-bond acceptors (Lipinski definition) is 4. The molecule has 1 aliphatic heterocycles. The Balaban J connectivity index is 1.90. The number of rotatable bonds is 2. The molecule has 7 heteroatoms. The van der Waals surface area contributed by atoms with Gasteiger partial charge in [-0.1, -0.05) is 29.8 Å². The molecule has 4 nitrogen and oxygen atoms in total. The average molecular weight is 410 g/mol. The maximum absolute atomic E-state index is 12.1. The zero-order valence-corrected chi connectivity index (χ0v) is 14.7. The highest BCUT2D eigenvalue weighted by molar-refractivity contribution is 9.10. The molecule has 2 N–H and O–H groups in total. The Morgan fingerprint density at radius 2 is 2.00 bits per heavy atom. The van der Waals surface area contributed by atoms with Gasteiger partial charge in [-0.25, -0.2) is 4.99 Å². The summed E-state index contributed by atoms with van der Waals surface area (Å²) in [5.74, 6) is -0.232. The van der Waals surface area contributed by atoms with Crippen molar-refractivity contribution in [3.8, 4) is 5.75 Å². The zero-order chi connectivity index (χ0) is 16.4. The van der Waals surface area contributed by atoms with E-state index in [0.717, 1.165) is 5.69 Å². The van der Waals surface area contributed by atoms with Crippen LogP contribution in [0.4, 0.5) is 5.69 Å². The normalized spacial score (nSPS) is 17.7. The summed E-state index contributed by atoms with van der Waals surface area (Å²) in [6.07, 6.45) is 1.58. The van der Waals surface area contributed by atoms with Crippen molar-refractivity contribution in [2.24, 2.45) is 4.99 Å². The lowest BCUT2D eigenvalue weighted by molar-refractivity contribution is -0.115. The molecule has 0 saturated carbocycles. The van der Waals surface area contributed by atoms with Crippen LogP contribution in [0.3, 0.4) is 0 Å². The Hall–Kier alpha value is -1.76. The molecule has 0 bridgehead atoms. The maximum Gasteiger partial charge on any atom is 0.264 e. The SMILES string of the molecule is O=C1NC(=Nc2ccccc2)S/C1=C/c1cc(Cl)cc(Br)c1O. The molecule has 1 fully saturated rings. The number of carbonyl (C=O) groups is 1. The van der Waals surface area contributed by atoms with Crippen molar-refractivity contribution in [1.29, 1.82) is 0 Å². The van der Waals surface area contributed by atoms with Crippen LogP contribution in [0.25, 0.3) is 6.08 Å². The number of amidine groups is 1. The number of aliphatic imine (C=N–C) groups is 1. The second-order valence-corrected chi connectivity index (χ2v) is 6.96. The zero-order valence-electron chi connectivity index (χ0n) is 11.6. The maximum atomic E-state index is 12.1. The summed E-state index contributed by atoms with van der Waals surface area (Å²) in [7, 11) is 0. The second kappa shape index (κ2) is 6.78. The topological polar surface area (TPSA) is 61.7 Å². The lowest BCUT2D eigenvalue weighted by Crippen LogP contribution is -2.19. The van der Waals surface area contributed by atoms with Crippen LogP contribution in [-0.2, 0) is 4.79 Å². The van der Waals surface area contributed by atoms with Crippen molar-refractivity contribution in [3.05, 3.63) is 62.4 Å². The summed E-state index contributed by atoms with van der Waals surface area (Å²) < 4.78 is 0.471. The van der Waals surface area contributed by atoms with Crippen LogP contribution in [0.15, 0.2) is 56.8 Å². The molecule has 1 saturated heterocycles. The van der Waals surface area contributed by atoms with Gasteiger partial charge in [-0.05, 0) is 58.0 Å². The Labute approximate surface area is 150 Å². The van der Waals surface area contributed by atoms with Gasteiger partial charge in [0.25, 0.3) is 5.91 Å². The van der Waals surface area contributed by atoms with Gasteiger partial charge in [0, 0.05) is 10.6 Å². The third-order valence-corrected chi connectivity index (χ3v) is 4.71. The number of aromatic hydroxyl groups is 1. The van der Waals surface area contributed by atoms with Crippen molar-refractivity contribution in [1.82, 2.24) is 5.32 Å². The Morgan fingerprint density at radius 3 is 2.74 bits per heavy atom. The number of hydrogen-bond donors (Lipinski definition) is 2. The molecule has 0 unspecified atom stereocenters. The third-order valence-electron chi connectivity index (χ3n) is 2.98. The fraction of sp³-hybridized carbons (Fsp3) is 0. The summed E-state index contributed by atoms with van der Waals surface area (Å²) in [6.45, 7) is 0. The molecular formula is C16H10BrClN2O2S. The van der Waals surface area contributed by atoms with Gasteiger partial charge in [0.15, 0.2) is 5.17 Å². The number of nitrogens with one attached hydrogen (secondary N) is 1. The second-order valence-electron chi connectivity index (χ2n) is 4.64. The Bertz CT molecular complexity index is 837. The van der Waals surface area contributed by atoms with E-state index in [1.54, 1.807) is 18.2 Å². The van der Waals surface area contributed by atoms with Crippen molar-refractivity contribution in [2.45, 2.75) is 0 Å². The first-order chi connectivity index (χ1) is 11.0. The first-order valence-corrected chi connectivity index (χ1v) is 8.54. The van der Waals surface area contributed by atoms with E-state index in [1.807, 2.05) is 30.3 Å². The molecule has 1 aliphatic rings. The summed E-state index contributed by atoms with van der Waals surface area (Å²) in [5.41, 5.74) is 1.22. The largest absolute Gasteiger partial charge is 0.506 e. The van der Waals surface area contributed by atoms with Crippen molar-refractivity contribution >= 4 is 62.1 Å². The minimum Gasteiger partial charge on any atom is -0.506 e. The molecule has 0 aromatic heterocycles. The molecule has 0 radical (unpaired) electrons.